The van der Waals surface area contributed by atoms with Crippen molar-refractivity contribution in [1.82, 2.24) is 4.98 Å². The molecule has 0 bridgehead atoms. The fraction of sp³-hybridized carbons (Fsp3) is 0.267. The van der Waals surface area contributed by atoms with Crippen LogP contribution in [0.2, 0.25) is 0 Å². The van der Waals surface area contributed by atoms with Crippen molar-refractivity contribution in [2.24, 2.45) is 5.73 Å². The van der Waals surface area contributed by atoms with Crippen molar-refractivity contribution in [2.75, 3.05) is 5.75 Å². The molecular weight excluding hydrogens is 336 g/mol. The summed E-state index contributed by atoms with van der Waals surface area (Å²) in [6.45, 7) is 0. The topological polar surface area (TPSA) is 48.1 Å². The molecule has 0 amide bonds. The lowest BCUT2D eigenvalue weighted by atomic mass is 10.0. The third kappa shape index (κ3) is 3.16. The molecule has 0 radical (unpaired) electrons. The van der Waals surface area contributed by atoms with Gasteiger partial charge in [-0.25, -0.2) is 0 Å². The summed E-state index contributed by atoms with van der Waals surface area (Å²) in [7, 11) is 0. The number of hydrogen-bond acceptors (Lipinski definition) is 4. The lowest BCUT2D eigenvalue weighted by molar-refractivity contribution is 0.184. The highest BCUT2D eigenvalue weighted by Gasteiger charge is 2.25. The van der Waals surface area contributed by atoms with Crippen LogP contribution in [-0.4, -0.2) is 22.9 Å². The van der Waals surface area contributed by atoms with E-state index in [2.05, 4.69) is 33.0 Å². The highest BCUT2D eigenvalue weighted by Crippen LogP contribution is 2.35. The second kappa shape index (κ2) is 6.16. The molecule has 2 atom stereocenters. The molecular formula is C15H15BrN2OS. The Morgan fingerprint density at radius 2 is 2.25 bits per heavy atom. The summed E-state index contributed by atoms with van der Waals surface area (Å²) in [5.41, 5.74) is 7.43. The van der Waals surface area contributed by atoms with E-state index in [1.807, 2.05) is 36.2 Å². The van der Waals surface area contributed by atoms with Gasteiger partial charge >= 0.3 is 0 Å². The maximum Gasteiger partial charge on any atom is 0.133 e. The zero-order valence-electron chi connectivity index (χ0n) is 10.8. The van der Waals surface area contributed by atoms with Gasteiger partial charge in [0.25, 0.3) is 0 Å². The normalized spacial score (nSPS) is 19.0. The Hall–Kier alpha value is -1.04. The van der Waals surface area contributed by atoms with Gasteiger partial charge in [0, 0.05) is 33.6 Å². The van der Waals surface area contributed by atoms with Gasteiger partial charge in [-0.1, -0.05) is 12.1 Å². The van der Waals surface area contributed by atoms with E-state index in [0.717, 1.165) is 28.0 Å². The van der Waals surface area contributed by atoms with Crippen LogP contribution < -0.4 is 10.5 Å². The molecule has 5 heteroatoms. The van der Waals surface area contributed by atoms with Gasteiger partial charge in [0.05, 0.1) is 0 Å². The number of pyridine rings is 1. The van der Waals surface area contributed by atoms with Gasteiger partial charge in [-0.2, -0.15) is 0 Å². The van der Waals surface area contributed by atoms with Crippen molar-refractivity contribution in [3.05, 3.63) is 52.8 Å². The first-order chi connectivity index (χ1) is 9.72. The Kier molecular flexibility index (Phi) is 4.29. The minimum atomic E-state index is -0.0352. The summed E-state index contributed by atoms with van der Waals surface area (Å²) in [6.07, 6.45) is 4.43. The number of thioether (sulfide) groups is 1. The predicted molar refractivity (Wildman–Crippen MR) is 85.2 cm³/mol. The number of nitrogens with zero attached hydrogens (tertiary/aromatic N) is 1. The average molecular weight is 351 g/mol. The van der Waals surface area contributed by atoms with Gasteiger partial charge in [0.15, 0.2) is 0 Å². The summed E-state index contributed by atoms with van der Waals surface area (Å²) >= 11 is 5.24. The summed E-state index contributed by atoms with van der Waals surface area (Å²) in [5.74, 6) is 1.83. The lowest BCUT2D eigenvalue weighted by Crippen LogP contribution is -2.43. The van der Waals surface area contributed by atoms with Crippen LogP contribution in [0.5, 0.6) is 5.75 Å². The van der Waals surface area contributed by atoms with E-state index in [0.29, 0.717) is 0 Å². The number of aromatic nitrogens is 1. The monoisotopic (exact) mass is 350 g/mol. The highest BCUT2D eigenvalue weighted by molar-refractivity contribution is 9.10. The molecule has 1 aliphatic rings. The molecule has 0 saturated carbocycles. The van der Waals surface area contributed by atoms with Crippen LogP contribution in [0, 0.1) is 0 Å². The van der Waals surface area contributed by atoms with E-state index in [9.17, 15) is 0 Å². The summed E-state index contributed by atoms with van der Waals surface area (Å²) in [5, 5.41) is 0. The van der Waals surface area contributed by atoms with Crippen molar-refractivity contribution in [1.29, 1.82) is 0 Å². The number of rotatable bonds is 3. The molecule has 1 aromatic carbocycles. The summed E-state index contributed by atoms with van der Waals surface area (Å²) in [6, 6.07) is 10.1. The van der Waals surface area contributed by atoms with Crippen molar-refractivity contribution in [3.63, 3.8) is 0 Å². The minimum absolute atomic E-state index is 0.0352. The molecule has 2 unspecified atom stereocenters. The third-order valence-corrected chi connectivity index (χ3v) is 4.82. The molecule has 104 valence electrons. The average Bonchev–Trinajstić information content (AvgIpc) is 2.47. The van der Waals surface area contributed by atoms with Crippen molar-refractivity contribution >= 4 is 27.7 Å². The van der Waals surface area contributed by atoms with Crippen LogP contribution in [0.4, 0.5) is 0 Å². The molecule has 0 saturated heterocycles. The smallest absolute Gasteiger partial charge is 0.133 e. The summed E-state index contributed by atoms with van der Waals surface area (Å²) in [4.78, 5) is 5.36. The van der Waals surface area contributed by atoms with Gasteiger partial charge in [-0.15, -0.1) is 11.8 Å². The highest BCUT2D eigenvalue weighted by atomic mass is 79.9. The fourth-order valence-corrected chi connectivity index (χ4v) is 3.72. The van der Waals surface area contributed by atoms with Crippen LogP contribution >= 0.6 is 27.7 Å². The Morgan fingerprint density at radius 3 is 3.10 bits per heavy atom. The molecule has 20 heavy (non-hydrogen) atoms. The van der Waals surface area contributed by atoms with Gasteiger partial charge in [-0.3, -0.25) is 4.98 Å². The standard InChI is InChI=1S/C15H15BrN2OS/c16-11-5-10(7-18-8-11)6-12(17)14-9-20-15-4-2-1-3-13(15)19-14/h1-5,7-8,12,14H,6,9,17H2. The lowest BCUT2D eigenvalue weighted by Gasteiger charge is -2.29. The van der Waals surface area contributed by atoms with Gasteiger partial charge in [0.1, 0.15) is 11.9 Å². The van der Waals surface area contributed by atoms with E-state index in [-0.39, 0.29) is 12.1 Å². The first-order valence-electron chi connectivity index (χ1n) is 6.46. The second-order valence-electron chi connectivity index (χ2n) is 4.79. The Morgan fingerprint density at radius 1 is 1.40 bits per heavy atom. The number of nitrogens with two attached hydrogens (primary N) is 1. The number of para-hydroxylation sites is 1. The van der Waals surface area contributed by atoms with E-state index >= 15 is 0 Å². The first-order valence-corrected chi connectivity index (χ1v) is 8.24. The third-order valence-electron chi connectivity index (χ3n) is 3.24. The van der Waals surface area contributed by atoms with E-state index in [1.54, 1.807) is 6.20 Å². The van der Waals surface area contributed by atoms with E-state index in [4.69, 9.17) is 10.5 Å². The van der Waals surface area contributed by atoms with Crippen molar-refractivity contribution in [2.45, 2.75) is 23.5 Å². The van der Waals surface area contributed by atoms with Gasteiger partial charge in [0.2, 0.25) is 0 Å². The molecule has 1 aromatic heterocycles. The molecule has 3 rings (SSSR count). The zero-order valence-corrected chi connectivity index (χ0v) is 13.2. The number of halogens is 1. The van der Waals surface area contributed by atoms with Crippen LogP contribution in [0.3, 0.4) is 0 Å². The quantitative estimate of drug-likeness (QED) is 0.922. The van der Waals surface area contributed by atoms with Crippen LogP contribution in [-0.2, 0) is 6.42 Å². The van der Waals surface area contributed by atoms with Crippen LogP contribution in [0.25, 0.3) is 0 Å². The SMILES string of the molecule is NC(Cc1cncc(Br)c1)C1CSc2ccccc2O1. The Bertz CT molecular complexity index is 608. The van der Waals surface area contributed by atoms with E-state index in [1.165, 1.54) is 4.90 Å². The minimum Gasteiger partial charge on any atom is -0.487 e. The number of hydrogen-bond donors (Lipinski definition) is 1. The molecule has 0 aliphatic carbocycles. The van der Waals surface area contributed by atoms with E-state index < -0.39 is 0 Å². The first kappa shape index (κ1) is 13.9. The number of ether oxygens (including phenoxy) is 1. The summed E-state index contributed by atoms with van der Waals surface area (Å²) < 4.78 is 7.00. The maximum atomic E-state index is 6.31. The molecule has 0 spiro atoms. The Labute approximate surface area is 131 Å². The van der Waals surface area contributed by atoms with Crippen molar-refractivity contribution < 1.29 is 4.74 Å². The molecule has 1 aliphatic heterocycles. The molecule has 0 fully saturated rings. The molecule has 2 aromatic rings. The Balaban J connectivity index is 1.68. The molecule has 2 N–H and O–H groups in total. The van der Waals surface area contributed by atoms with Gasteiger partial charge < -0.3 is 10.5 Å². The number of benzene rings is 1. The van der Waals surface area contributed by atoms with Crippen molar-refractivity contribution in [3.8, 4) is 5.75 Å². The second-order valence-corrected chi connectivity index (χ2v) is 6.77. The van der Waals surface area contributed by atoms with Crippen LogP contribution in [0.15, 0.2) is 52.1 Å². The fourth-order valence-electron chi connectivity index (χ4n) is 2.22. The molecule has 2 heterocycles. The maximum absolute atomic E-state index is 6.31. The predicted octanol–water partition coefficient (Wildman–Crippen LogP) is 3.27. The zero-order chi connectivity index (χ0) is 13.9. The number of fused-ring (bicyclic) bond motifs is 1. The largest absolute Gasteiger partial charge is 0.487 e. The van der Waals surface area contributed by atoms with Gasteiger partial charge in [-0.05, 0) is 46.1 Å². The molecule has 3 nitrogen and oxygen atoms in total. The van der Waals surface area contributed by atoms with Crippen LogP contribution in [0.1, 0.15) is 5.56 Å².